The van der Waals surface area contributed by atoms with Crippen LogP contribution in [0.4, 0.5) is 0 Å². The van der Waals surface area contributed by atoms with Gasteiger partial charge in [-0.2, -0.15) is 5.10 Å². The standard InChI is InChI=1S/C19H28N4O3/c1-3-6-23-13-18(15(2)20-23)19(25)22-8-7-21(17(12-22)4-9-24)11-16-5-10-26-14-16/h5,10,13-14,17,24H,3-4,6-9,11-12H2,1-2H3/t17-/m1/s1. The zero-order chi connectivity index (χ0) is 18.5. The van der Waals surface area contributed by atoms with Crippen molar-refractivity contribution >= 4 is 5.91 Å². The molecule has 0 aromatic carbocycles. The van der Waals surface area contributed by atoms with E-state index in [9.17, 15) is 9.90 Å². The number of aromatic nitrogens is 2. The minimum atomic E-state index is 0.0377. The fourth-order valence-electron chi connectivity index (χ4n) is 3.57. The summed E-state index contributed by atoms with van der Waals surface area (Å²) < 4.78 is 7.00. The molecule has 1 atom stereocenters. The van der Waals surface area contributed by atoms with Crippen LogP contribution >= 0.6 is 0 Å². The number of hydrogen-bond acceptors (Lipinski definition) is 5. The smallest absolute Gasteiger partial charge is 0.257 e. The molecule has 1 aliphatic rings. The number of rotatable bonds is 7. The van der Waals surface area contributed by atoms with Gasteiger partial charge in [0.1, 0.15) is 0 Å². The van der Waals surface area contributed by atoms with Gasteiger partial charge in [0.15, 0.2) is 0 Å². The Bertz CT molecular complexity index is 710. The fourth-order valence-corrected chi connectivity index (χ4v) is 3.57. The average molecular weight is 360 g/mol. The molecule has 0 spiro atoms. The first-order chi connectivity index (χ1) is 12.6. The van der Waals surface area contributed by atoms with E-state index in [1.165, 1.54) is 0 Å². The zero-order valence-electron chi connectivity index (χ0n) is 15.6. The summed E-state index contributed by atoms with van der Waals surface area (Å²) in [6, 6.07) is 2.09. The van der Waals surface area contributed by atoms with Crippen LogP contribution in [-0.4, -0.2) is 62.9 Å². The maximum absolute atomic E-state index is 13.0. The Kier molecular flexibility index (Phi) is 6.11. The summed E-state index contributed by atoms with van der Waals surface area (Å²) in [6.07, 6.45) is 6.92. The first-order valence-electron chi connectivity index (χ1n) is 9.31. The van der Waals surface area contributed by atoms with Gasteiger partial charge in [0, 0.05) is 57.1 Å². The van der Waals surface area contributed by atoms with E-state index in [1.54, 1.807) is 12.5 Å². The van der Waals surface area contributed by atoms with Crippen LogP contribution in [0.15, 0.2) is 29.2 Å². The number of amides is 1. The normalized spacial score (nSPS) is 18.4. The van der Waals surface area contributed by atoms with Gasteiger partial charge in [-0.1, -0.05) is 6.92 Å². The highest BCUT2D eigenvalue weighted by Gasteiger charge is 2.31. The van der Waals surface area contributed by atoms with Gasteiger partial charge >= 0.3 is 0 Å². The summed E-state index contributed by atoms with van der Waals surface area (Å²) >= 11 is 0. The molecule has 0 saturated carbocycles. The largest absolute Gasteiger partial charge is 0.472 e. The van der Waals surface area contributed by atoms with E-state index in [-0.39, 0.29) is 18.6 Å². The lowest BCUT2D eigenvalue weighted by molar-refractivity contribution is 0.0394. The number of furan rings is 1. The Hall–Kier alpha value is -2.12. The zero-order valence-corrected chi connectivity index (χ0v) is 15.6. The molecule has 3 heterocycles. The summed E-state index contributed by atoms with van der Waals surface area (Å²) in [5.74, 6) is 0.0377. The van der Waals surface area contributed by atoms with Crippen LogP contribution in [0.1, 0.15) is 41.4 Å². The van der Waals surface area contributed by atoms with E-state index in [1.807, 2.05) is 28.8 Å². The monoisotopic (exact) mass is 360 g/mol. The summed E-state index contributed by atoms with van der Waals surface area (Å²) in [5, 5.41) is 13.9. The van der Waals surface area contributed by atoms with Crippen LogP contribution in [0.25, 0.3) is 0 Å². The Balaban J connectivity index is 1.69. The first-order valence-corrected chi connectivity index (χ1v) is 9.31. The van der Waals surface area contributed by atoms with E-state index < -0.39 is 0 Å². The van der Waals surface area contributed by atoms with Gasteiger partial charge < -0.3 is 14.4 Å². The molecule has 2 aromatic rings. The number of piperazine rings is 1. The molecular weight excluding hydrogens is 332 g/mol. The second kappa shape index (κ2) is 8.51. The van der Waals surface area contributed by atoms with E-state index in [0.717, 1.165) is 37.3 Å². The second-order valence-electron chi connectivity index (χ2n) is 6.91. The van der Waals surface area contributed by atoms with Crippen molar-refractivity contribution in [2.75, 3.05) is 26.2 Å². The Morgan fingerprint density at radius 3 is 2.96 bits per heavy atom. The summed E-state index contributed by atoms with van der Waals surface area (Å²) in [6.45, 7) is 7.77. The van der Waals surface area contributed by atoms with Crippen molar-refractivity contribution in [3.05, 3.63) is 41.6 Å². The molecule has 0 radical (unpaired) electrons. The van der Waals surface area contributed by atoms with Gasteiger partial charge in [0.05, 0.1) is 23.8 Å². The summed E-state index contributed by atoms with van der Waals surface area (Å²) in [5.41, 5.74) is 2.58. The third kappa shape index (κ3) is 4.16. The van der Waals surface area contributed by atoms with Crippen LogP contribution in [0.2, 0.25) is 0 Å². The highest BCUT2D eigenvalue weighted by atomic mass is 16.3. The van der Waals surface area contributed by atoms with Crippen molar-refractivity contribution in [2.45, 2.75) is 45.8 Å². The van der Waals surface area contributed by atoms with Crippen molar-refractivity contribution in [3.63, 3.8) is 0 Å². The van der Waals surface area contributed by atoms with Crippen molar-refractivity contribution in [2.24, 2.45) is 0 Å². The van der Waals surface area contributed by atoms with Crippen molar-refractivity contribution in [1.29, 1.82) is 0 Å². The highest BCUT2D eigenvalue weighted by Crippen LogP contribution is 2.19. The van der Waals surface area contributed by atoms with Gasteiger partial charge in [-0.3, -0.25) is 14.4 Å². The minimum absolute atomic E-state index is 0.0377. The second-order valence-corrected chi connectivity index (χ2v) is 6.91. The van der Waals surface area contributed by atoms with Crippen LogP contribution in [-0.2, 0) is 13.1 Å². The highest BCUT2D eigenvalue weighted by molar-refractivity contribution is 5.95. The van der Waals surface area contributed by atoms with Crippen LogP contribution in [0.3, 0.4) is 0 Å². The molecule has 1 N–H and O–H groups in total. The average Bonchev–Trinajstić information content (AvgIpc) is 3.26. The predicted octanol–water partition coefficient (Wildman–Crippen LogP) is 1.90. The molecule has 142 valence electrons. The van der Waals surface area contributed by atoms with Crippen LogP contribution < -0.4 is 0 Å². The molecule has 0 bridgehead atoms. The molecule has 7 heteroatoms. The molecule has 0 aliphatic carbocycles. The number of hydrogen-bond donors (Lipinski definition) is 1. The molecule has 7 nitrogen and oxygen atoms in total. The van der Waals surface area contributed by atoms with Gasteiger partial charge in [0.25, 0.3) is 5.91 Å². The summed E-state index contributed by atoms with van der Waals surface area (Å²) in [4.78, 5) is 17.2. The van der Waals surface area contributed by atoms with Gasteiger partial charge in [0.2, 0.25) is 0 Å². The number of nitrogens with zero attached hydrogens (tertiary/aromatic N) is 4. The number of aryl methyl sites for hydroxylation is 2. The molecule has 0 unspecified atom stereocenters. The number of aliphatic hydroxyl groups excluding tert-OH is 1. The van der Waals surface area contributed by atoms with Crippen LogP contribution in [0.5, 0.6) is 0 Å². The van der Waals surface area contributed by atoms with E-state index in [4.69, 9.17) is 4.42 Å². The van der Waals surface area contributed by atoms with Crippen molar-refractivity contribution in [3.8, 4) is 0 Å². The fraction of sp³-hybridized carbons (Fsp3) is 0.579. The van der Waals surface area contributed by atoms with Crippen molar-refractivity contribution in [1.82, 2.24) is 19.6 Å². The molecule has 1 amide bonds. The van der Waals surface area contributed by atoms with Crippen LogP contribution in [0, 0.1) is 6.92 Å². The minimum Gasteiger partial charge on any atom is -0.472 e. The lowest BCUT2D eigenvalue weighted by Crippen LogP contribution is -2.54. The maximum Gasteiger partial charge on any atom is 0.257 e. The lowest BCUT2D eigenvalue weighted by Gasteiger charge is -2.41. The first kappa shape index (κ1) is 18.7. The van der Waals surface area contributed by atoms with Gasteiger partial charge in [-0.05, 0) is 25.8 Å². The molecule has 3 rings (SSSR count). The van der Waals surface area contributed by atoms with E-state index in [0.29, 0.717) is 25.1 Å². The number of carbonyl (C=O) groups is 1. The Morgan fingerprint density at radius 1 is 1.42 bits per heavy atom. The lowest BCUT2D eigenvalue weighted by atomic mass is 10.1. The Labute approximate surface area is 154 Å². The third-order valence-electron chi connectivity index (χ3n) is 4.95. The maximum atomic E-state index is 13.0. The quantitative estimate of drug-likeness (QED) is 0.816. The molecular formula is C19H28N4O3. The topological polar surface area (TPSA) is 74.7 Å². The number of aliphatic hydroxyl groups is 1. The Morgan fingerprint density at radius 2 is 2.27 bits per heavy atom. The molecule has 26 heavy (non-hydrogen) atoms. The van der Waals surface area contributed by atoms with E-state index in [2.05, 4.69) is 16.9 Å². The van der Waals surface area contributed by atoms with Gasteiger partial charge in [-0.25, -0.2) is 0 Å². The van der Waals surface area contributed by atoms with Gasteiger partial charge in [-0.15, -0.1) is 0 Å². The number of carbonyl (C=O) groups excluding carboxylic acids is 1. The van der Waals surface area contributed by atoms with E-state index >= 15 is 0 Å². The van der Waals surface area contributed by atoms with Crippen molar-refractivity contribution < 1.29 is 14.3 Å². The molecule has 1 saturated heterocycles. The predicted molar refractivity (Wildman–Crippen MR) is 97.8 cm³/mol. The molecule has 1 aliphatic heterocycles. The third-order valence-corrected chi connectivity index (χ3v) is 4.95. The summed E-state index contributed by atoms with van der Waals surface area (Å²) in [7, 11) is 0. The molecule has 1 fully saturated rings. The SMILES string of the molecule is CCCn1cc(C(=O)N2CCN(Cc3ccoc3)[C@H](CCO)C2)c(C)n1. The molecule has 2 aromatic heterocycles.